The van der Waals surface area contributed by atoms with E-state index in [0.29, 0.717) is 10.0 Å². The highest BCUT2D eigenvalue weighted by molar-refractivity contribution is 9.10. The molecule has 0 radical (unpaired) electrons. The van der Waals surface area contributed by atoms with Gasteiger partial charge in [0.1, 0.15) is 0 Å². The summed E-state index contributed by atoms with van der Waals surface area (Å²) in [5.41, 5.74) is -0.580. The first-order chi connectivity index (χ1) is 6.73. The average Bonchev–Trinajstić information content (AvgIpc) is 2.06. The van der Waals surface area contributed by atoms with Crippen LogP contribution in [-0.4, -0.2) is 5.78 Å². The second-order valence-electron chi connectivity index (χ2n) is 3.20. The van der Waals surface area contributed by atoms with Crippen molar-refractivity contribution in [2.75, 3.05) is 0 Å². The third kappa shape index (κ3) is 2.59. The minimum Gasteiger partial charge on any atom is -0.294 e. The number of hydrogen-bond acceptors (Lipinski definition) is 1. The van der Waals surface area contributed by atoms with Gasteiger partial charge in [0, 0.05) is 10.0 Å². The van der Waals surface area contributed by atoms with Gasteiger partial charge in [0.05, 0.1) is 5.56 Å². The maximum atomic E-state index is 12.5. The number of rotatable bonds is 1. The van der Waals surface area contributed by atoms with Crippen LogP contribution < -0.4 is 0 Å². The fourth-order valence-electron chi connectivity index (χ4n) is 1.21. The zero-order valence-electron chi connectivity index (χ0n) is 8.07. The monoisotopic (exact) mass is 280 g/mol. The van der Waals surface area contributed by atoms with Crippen molar-refractivity contribution in [1.29, 1.82) is 0 Å². The van der Waals surface area contributed by atoms with Gasteiger partial charge in [-0.15, -0.1) is 0 Å². The minimum atomic E-state index is -4.50. The molecule has 0 saturated carbocycles. The van der Waals surface area contributed by atoms with E-state index in [2.05, 4.69) is 15.9 Å². The zero-order valence-corrected chi connectivity index (χ0v) is 9.66. The Hall–Kier alpha value is -0.840. The Balaban J connectivity index is 3.49. The molecule has 1 aromatic carbocycles. The van der Waals surface area contributed by atoms with E-state index < -0.39 is 17.5 Å². The largest absolute Gasteiger partial charge is 0.417 e. The SMILES string of the molecule is CC(=O)c1cc(C)c(Br)cc1C(F)(F)F. The topological polar surface area (TPSA) is 17.1 Å². The second kappa shape index (κ2) is 3.96. The van der Waals surface area contributed by atoms with E-state index in [-0.39, 0.29) is 5.56 Å². The molecule has 0 saturated heterocycles. The molecule has 0 amide bonds. The van der Waals surface area contributed by atoms with E-state index in [1.165, 1.54) is 6.07 Å². The highest BCUT2D eigenvalue weighted by Crippen LogP contribution is 2.35. The Morgan fingerprint density at radius 2 is 1.87 bits per heavy atom. The van der Waals surface area contributed by atoms with Gasteiger partial charge in [-0.25, -0.2) is 0 Å². The summed E-state index contributed by atoms with van der Waals surface area (Å²) < 4.78 is 38.0. The summed E-state index contributed by atoms with van der Waals surface area (Å²) in [6, 6.07) is 2.18. The number of alkyl halides is 3. The lowest BCUT2D eigenvalue weighted by Gasteiger charge is -2.12. The molecule has 0 bridgehead atoms. The van der Waals surface area contributed by atoms with Gasteiger partial charge in [-0.1, -0.05) is 15.9 Å². The number of hydrogen-bond donors (Lipinski definition) is 0. The maximum Gasteiger partial charge on any atom is 0.417 e. The third-order valence-electron chi connectivity index (χ3n) is 1.98. The molecule has 0 fully saturated rings. The number of benzene rings is 1. The summed E-state index contributed by atoms with van der Waals surface area (Å²) >= 11 is 3.01. The van der Waals surface area contributed by atoms with E-state index in [1.54, 1.807) is 6.92 Å². The lowest BCUT2D eigenvalue weighted by Crippen LogP contribution is -2.12. The normalized spacial score (nSPS) is 11.6. The third-order valence-corrected chi connectivity index (χ3v) is 2.84. The Bertz CT molecular complexity index is 410. The van der Waals surface area contributed by atoms with Crippen LogP contribution in [0.25, 0.3) is 0 Å². The molecule has 1 nitrogen and oxygen atoms in total. The maximum absolute atomic E-state index is 12.5. The van der Waals surface area contributed by atoms with Crippen molar-refractivity contribution in [3.05, 3.63) is 33.3 Å². The summed E-state index contributed by atoms with van der Waals surface area (Å²) in [6.07, 6.45) is -4.50. The molecular weight excluding hydrogens is 273 g/mol. The standard InChI is InChI=1S/C10H8BrF3O/c1-5-3-7(6(2)15)8(4-9(5)11)10(12,13)14/h3-4H,1-2H3. The molecule has 1 rings (SSSR count). The summed E-state index contributed by atoms with van der Waals surface area (Å²) in [5.74, 6) is -0.585. The fraction of sp³-hybridized carbons (Fsp3) is 0.300. The Morgan fingerprint density at radius 3 is 2.27 bits per heavy atom. The van der Waals surface area contributed by atoms with E-state index in [9.17, 15) is 18.0 Å². The van der Waals surface area contributed by atoms with Crippen LogP contribution in [0.2, 0.25) is 0 Å². The van der Waals surface area contributed by atoms with E-state index in [1.807, 2.05) is 0 Å². The molecule has 0 aromatic heterocycles. The highest BCUT2D eigenvalue weighted by atomic mass is 79.9. The van der Waals surface area contributed by atoms with Gasteiger partial charge in [0.15, 0.2) is 5.78 Å². The van der Waals surface area contributed by atoms with Crippen LogP contribution in [0, 0.1) is 6.92 Å². The molecule has 0 aliphatic heterocycles. The summed E-state index contributed by atoms with van der Waals surface area (Å²) in [4.78, 5) is 11.1. The number of halogens is 4. The average molecular weight is 281 g/mol. The number of Topliss-reactive ketones (excluding diaryl/α,β-unsaturated/α-hetero) is 1. The minimum absolute atomic E-state index is 0.289. The summed E-state index contributed by atoms with van der Waals surface area (Å²) in [5, 5.41) is 0. The molecule has 0 aliphatic carbocycles. The van der Waals surface area contributed by atoms with Gasteiger partial charge in [0.2, 0.25) is 0 Å². The predicted octanol–water partition coefficient (Wildman–Crippen LogP) is 3.98. The van der Waals surface area contributed by atoms with Crippen molar-refractivity contribution in [3.8, 4) is 0 Å². The molecular formula is C10H8BrF3O. The van der Waals surface area contributed by atoms with E-state index >= 15 is 0 Å². The fourth-order valence-corrected chi connectivity index (χ4v) is 1.55. The molecule has 0 N–H and O–H groups in total. The van der Waals surface area contributed by atoms with Crippen LogP contribution in [0.15, 0.2) is 16.6 Å². The highest BCUT2D eigenvalue weighted by Gasteiger charge is 2.34. The van der Waals surface area contributed by atoms with Crippen LogP contribution in [0.5, 0.6) is 0 Å². The Morgan fingerprint density at radius 1 is 1.33 bits per heavy atom. The number of carbonyl (C=O) groups is 1. The quantitative estimate of drug-likeness (QED) is 0.711. The first-order valence-electron chi connectivity index (χ1n) is 4.11. The molecule has 0 aliphatic rings. The number of aryl methyl sites for hydroxylation is 1. The smallest absolute Gasteiger partial charge is 0.294 e. The predicted molar refractivity (Wildman–Crippen MR) is 53.9 cm³/mol. The van der Waals surface area contributed by atoms with Crippen LogP contribution >= 0.6 is 15.9 Å². The van der Waals surface area contributed by atoms with Crippen LogP contribution in [0.4, 0.5) is 13.2 Å². The van der Waals surface area contributed by atoms with Gasteiger partial charge in [-0.05, 0) is 31.5 Å². The van der Waals surface area contributed by atoms with Gasteiger partial charge in [-0.3, -0.25) is 4.79 Å². The molecule has 5 heteroatoms. The zero-order chi connectivity index (χ0) is 11.8. The van der Waals surface area contributed by atoms with Gasteiger partial charge in [0.25, 0.3) is 0 Å². The molecule has 0 atom stereocenters. The van der Waals surface area contributed by atoms with Crippen molar-refractivity contribution in [1.82, 2.24) is 0 Å². The Labute approximate surface area is 93.4 Å². The lowest BCUT2D eigenvalue weighted by molar-refractivity contribution is -0.137. The molecule has 1 aromatic rings. The summed E-state index contributed by atoms with van der Waals surface area (Å²) in [6.45, 7) is 2.76. The molecule has 0 unspecified atom stereocenters. The van der Waals surface area contributed by atoms with Gasteiger partial charge >= 0.3 is 6.18 Å². The number of carbonyl (C=O) groups excluding carboxylic acids is 1. The molecule has 0 spiro atoms. The van der Waals surface area contributed by atoms with Gasteiger partial charge < -0.3 is 0 Å². The van der Waals surface area contributed by atoms with Gasteiger partial charge in [-0.2, -0.15) is 13.2 Å². The molecule has 0 heterocycles. The van der Waals surface area contributed by atoms with Crippen molar-refractivity contribution in [3.63, 3.8) is 0 Å². The van der Waals surface area contributed by atoms with Crippen molar-refractivity contribution >= 4 is 21.7 Å². The summed E-state index contributed by atoms with van der Waals surface area (Å²) in [7, 11) is 0. The van der Waals surface area contributed by atoms with Crippen molar-refractivity contribution in [2.45, 2.75) is 20.0 Å². The van der Waals surface area contributed by atoms with E-state index in [0.717, 1.165) is 13.0 Å². The lowest BCUT2D eigenvalue weighted by atomic mass is 10.0. The van der Waals surface area contributed by atoms with Crippen LogP contribution in [-0.2, 0) is 6.18 Å². The molecule has 15 heavy (non-hydrogen) atoms. The van der Waals surface area contributed by atoms with Crippen molar-refractivity contribution in [2.24, 2.45) is 0 Å². The first kappa shape index (κ1) is 12.2. The van der Waals surface area contributed by atoms with E-state index in [4.69, 9.17) is 0 Å². The Kier molecular flexibility index (Phi) is 3.23. The number of ketones is 1. The first-order valence-corrected chi connectivity index (χ1v) is 4.91. The second-order valence-corrected chi connectivity index (χ2v) is 4.06. The van der Waals surface area contributed by atoms with Crippen LogP contribution in [0.3, 0.4) is 0 Å². The van der Waals surface area contributed by atoms with Crippen LogP contribution in [0.1, 0.15) is 28.4 Å². The molecule has 82 valence electrons. The van der Waals surface area contributed by atoms with Crippen molar-refractivity contribution < 1.29 is 18.0 Å².